The molecule has 1 unspecified atom stereocenters. The Morgan fingerprint density at radius 2 is 2.11 bits per heavy atom. The van der Waals surface area contributed by atoms with E-state index in [-0.39, 0.29) is 0 Å². The molecule has 0 aliphatic carbocycles. The summed E-state index contributed by atoms with van der Waals surface area (Å²) in [7, 11) is 0. The summed E-state index contributed by atoms with van der Waals surface area (Å²) in [5.41, 5.74) is 8.50. The van der Waals surface area contributed by atoms with Crippen LogP contribution in [-0.4, -0.2) is 16.0 Å². The quantitative estimate of drug-likeness (QED) is 0.661. The van der Waals surface area contributed by atoms with Crippen molar-refractivity contribution in [2.45, 2.75) is 52.0 Å². The fourth-order valence-corrected chi connectivity index (χ4v) is 2.38. The number of benzene rings is 1. The lowest BCUT2D eigenvalue weighted by Crippen LogP contribution is -2.19. The van der Waals surface area contributed by atoms with E-state index in [0.717, 1.165) is 22.7 Å². The number of unbranched alkanes of at least 4 members (excludes halogenated alkanes) is 1. The molecule has 0 saturated carbocycles. The van der Waals surface area contributed by atoms with E-state index < -0.39 is 0 Å². The van der Waals surface area contributed by atoms with Crippen molar-refractivity contribution in [3.63, 3.8) is 0 Å². The lowest BCUT2D eigenvalue weighted by atomic mass is 10.1. The third-order valence-electron chi connectivity index (χ3n) is 3.39. The zero-order valence-electron chi connectivity index (χ0n) is 11.9. The second kappa shape index (κ2) is 6.45. The predicted octanol–water partition coefficient (Wildman–Crippen LogP) is 3.92. The number of anilines is 2. The van der Waals surface area contributed by atoms with E-state index in [0.29, 0.717) is 6.04 Å². The molecular weight excluding hydrogens is 236 g/mol. The van der Waals surface area contributed by atoms with Gasteiger partial charge in [-0.3, -0.25) is 0 Å². The van der Waals surface area contributed by atoms with Crippen molar-refractivity contribution in [3.8, 4) is 0 Å². The van der Waals surface area contributed by atoms with Crippen LogP contribution in [0.1, 0.15) is 46.0 Å². The van der Waals surface area contributed by atoms with Crippen LogP contribution in [0, 0.1) is 0 Å². The number of nitrogens with zero attached hydrogens (tertiary/aromatic N) is 1. The molecule has 2 aromatic rings. The maximum absolute atomic E-state index is 5.78. The largest absolute Gasteiger partial charge is 0.399 e. The number of imidazole rings is 1. The molecule has 19 heavy (non-hydrogen) atoms. The molecule has 0 aliphatic heterocycles. The number of nitrogens with two attached hydrogens (primary N) is 1. The van der Waals surface area contributed by atoms with Gasteiger partial charge in [0.25, 0.3) is 0 Å². The number of hydrogen-bond donors (Lipinski definition) is 3. The van der Waals surface area contributed by atoms with Crippen molar-refractivity contribution in [1.82, 2.24) is 9.97 Å². The maximum Gasteiger partial charge on any atom is 0.201 e. The standard InChI is InChI=1S/C15H24N4/c1-3-5-7-12(6-4-2)17-15-18-13-9-8-11(16)10-14(13)19-15/h8-10,12H,3-7,16H2,1-2H3,(H2,17,18,19). The minimum absolute atomic E-state index is 0.503. The van der Waals surface area contributed by atoms with Crippen LogP contribution in [0.2, 0.25) is 0 Å². The number of hydrogen-bond acceptors (Lipinski definition) is 3. The van der Waals surface area contributed by atoms with E-state index in [1.54, 1.807) is 0 Å². The second-order valence-corrected chi connectivity index (χ2v) is 5.13. The van der Waals surface area contributed by atoms with Gasteiger partial charge in [0, 0.05) is 11.7 Å². The van der Waals surface area contributed by atoms with Gasteiger partial charge in [0.15, 0.2) is 0 Å². The molecule has 0 radical (unpaired) electrons. The van der Waals surface area contributed by atoms with Gasteiger partial charge in [-0.15, -0.1) is 0 Å². The topological polar surface area (TPSA) is 66.7 Å². The molecule has 0 fully saturated rings. The third-order valence-corrected chi connectivity index (χ3v) is 3.39. The second-order valence-electron chi connectivity index (χ2n) is 5.13. The minimum atomic E-state index is 0.503. The number of aromatic nitrogens is 2. The van der Waals surface area contributed by atoms with E-state index in [1.807, 2.05) is 18.2 Å². The lowest BCUT2D eigenvalue weighted by Gasteiger charge is -2.16. The molecule has 1 heterocycles. The lowest BCUT2D eigenvalue weighted by molar-refractivity contribution is 0.562. The molecule has 4 nitrogen and oxygen atoms in total. The molecule has 0 bridgehead atoms. The first-order chi connectivity index (χ1) is 9.22. The first-order valence-corrected chi connectivity index (χ1v) is 7.24. The van der Waals surface area contributed by atoms with Crippen LogP contribution in [0.15, 0.2) is 18.2 Å². The fourth-order valence-electron chi connectivity index (χ4n) is 2.38. The van der Waals surface area contributed by atoms with E-state index in [2.05, 4.69) is 29.1 Å². The summed E-state index contributed by atoms with van der Waals surface area (Å²) < 4.78 is 0. The molecule has 2 rings (SSSR count). The van der Waals surface area contributed by atoms with Gasteiger partial charge >= 0.3 is 0 Å². The summed E-state index contributed by atoms with van der Waals surface area (Å²) in [5.74, 6) is 0.857. The number of fused-ring (bicyclic) bond motifs is 1. The Kier molecular flexibility index (Phi) is 4.66. The Bertz CT molecular complexity index is 518. The van der Waals surface area contributed by atoms with Crippen LogP contribution in [0.5, 0.6) is 0 Å². The van der Waals surface area contributed by atoms with E-state index in [1.165, 1.54) is 32.1 Å². The third kappa shape index (κ3) is 3.63. The van der Waals surface area contributed by atoms with Crippen LogP contribution in [0.3, 0.4) is 0 Å². The molecule has 0 saturated heterocycles. The normalized spacial score (nSPS) is 12.7. The zero-order chi connectivity index (χ0) is 13.7. The van der Waals surface area contributed by atoms with E-state index >= 15 is 0 Å². The Morgan fingerprint density at radius 1 is 1.26 bits per heavy atom. The Labute approximate surface area is 114 Å². The van der Waals surface area contributed by atoms with Crippen LogP contribution in [0.4, 0.5) is 11.6 Å². The number of H-pyrrole nitrogens is 1. The summed E-state index contributed by atoms with van der Waals surface area (Å²) in [6.45, 7) is 4.45. The number of rotatable bonds is 7. The number of aromatic amines is 1. The van der Waals surface area contributed by atoms with E-state index in [4.69, 9.17) is 5.73 Å². The van der Waals surface area contributed by atoms with Gasteiger partial charge in [-0.05, 0) is 31.0 Å². The van der Waals surface area contributed by atoms with Gasteiger partial charge in [-0.1, -0.05) is 33.1 Å². The number of nitrogens with one attached hydrogen (secondary N) is 2. The minimum Gasteiger partial charge on any atom is -0.399 e. The average molecular weight is 260 g/mol. The van der Waals surface area contributed by atoms with Crippen LogP contribution in [-0.2, 0) is 0 Å². The van der Waals surface area contributed by atoms with Crippen molar-refractivity contribution in [3.05, 3.63) is 18.2 Å². The van der Waals surface area contributed by atoms with Crippen LogP contribution in [0.25, 0.3) is 11.0 Å². The smallest absolute Gasteiger partial charge is 0.201 e. The molecule has 1 aromatic heterocycles. The van der Waals surface area contributed by atoms with Gasteiger partial charge < -0.3 is 16.0 Å². The van der Waals surface area contributed by atoms with Crippen molar-refractivity contribution >= 4 is 22.7 Å². The van der Waals surface area contributed by atoms with Gasteiger partial charge in [-0.2, -0.15) is 0 Å². The highest BCUT2D eigenvalue weighted by Crippen LogP contribution is 2.19. The first kappa shape index (κ1) is 13.7. The molecule has 4 heteroatoms. The van der Waals surface area contributed by atoms with Crippen LogP contribution < -0.4 is 11.1 Å². The SMILES string of the molecule is CCCCC(CCC)Nc1nc2ccc(N)cc2[nH]1. The highest BCUT2D eigenvalue weighted by atomic mass is 15.1. The zero-order valence-corrected chi connectivity index (χ0v) is 11.9. The number of nitrogen functional groups attached to an aromatic ring is 1. The fraction of sp³-hybridized carbons (Fsp3) is 0.533. The first-order valence-electron chi connectivity index (χ1n) is 7.24. The van der Waals surface area contributed by atoms with Gasteiger partial charge in [0.05, 0.1) is 11.0 Å². The molecule has 1 aromatic carbocycles. The molecule has 0 aliphatic rings. The summed E-state index contributed by atoms with van der Waals surface area (Å²) >= 11 is 0. The van der Waals surface area contributed by atoms with Crippen molar-refractivity contribution < 1.29 is 0 Å². The average Bonchev–Trinajstić information content (AvgIpc) is 2.77. The van der Waals surface area contributed by atoms with Crippen molar-refractivity contribution in [1.29, 1.82) is 0 Å². The van der Waals surface area contributed by atoms with Crippen molar-refractivity contribution in [2.75, 3.05) is 11.1 Å². The van der Waals surface area contributed by atoms with Crippen molar-refractivity contribution in [2.24, 2.45) is 0 Å². The molecule has 0 amide bonds. The van der Waals surface area contributed by atoms with Crippen LogP contribution >= 0.6 is 0 Å². The highest BCUT2D eigenvalue weighted by molar-refractivity contribution is 5.80. The maximum atomic E-state index is 5.78. The van der Waals surface area contributed by atoms with Gasteiger partial charge in [0.1, 0.15) is 0 Å². The molecule has 1 atom stereocenters. The molecular formula is C15H24N4. The molecule has 4 N–H and O–H groups in total. The Morgan fingerprint density at radius 3 is 2.84 bits per heavy atom. The molecule has 0 spiro atoms. The monoisotopic (exact) mass is 260 g/mol. The Hall–Kier alpha value is -1.71. The summed E-state index contributed by atoms with van der Waals surface area (Å²) in [4.78, 5) is 7.86. The van der Waals surface area contributed by atoms with E-state index in [9.17, 15) is 0 Å². The summed E-state index contributed by atoms with van der Waals surface area (Å²) in [6, 6.07) is 6.26. The highest BCUT2D eigenvalue weighted by Gasteiger charge is 2.10. The van der Waals surface area contributed by atoms with Gasteiger partial charge in [-0.25, -0.2) is 4.98 Å². The summed E-state index contributed by atoms with van der Waals surface area (Å²) in [5, 5.41) is 3.52. The van der Waals surface area contributed by atoms with Gasteiger partial charge in [0.2, 0.25) is 5.95 Å². The predicted molar refractivity (Wildman–Crippen MR) is 82.3 cm³/mol. The summed E-state index contributed by atoms with van der Waals surface area (Å²) in [6.07, 6.45) is 6.06. The Balaban J connectivity index is 2.09. The molecule has 104 valence electrons.